The van der Waals surface area contributed by atoms with Gasteiger partial charge in [0, 0.05) is 0 Å². The van der Waals surface area contributed by atoms with Gasteiger partial charge in [-0.2, -0.15) is 0 Å². The molecule has 0 saturated heterocycles. The Morgan fingerprint density at radius 3 is 2.63 bits per heavy atom. The van der Waals surface area contributed by atoms with E-state index in [0.717, 1.165) is 6.07 Å². The zero-order valence-electron chi connectivity index (χ0n) is 10.2. The second-order valence-electron chi connectivity index (χ2n) is 3.92. The lowest BCUT2D eigenvalue weighted by atomic mass is 10.2. The molecule has 8 heteroatoms. The summed E-state index contributed by atoms with van der Waals surface area (Å²) in [6.45, 7) is 1.84. The molecule has 1 aromatic carbocycles. The van der Waals surface area contributed by atoms with Crippen molar-refractivity contribution in [2.75, 3.05) is 10.5 Å². The van der Waals surface area contributed by atoms with Crippen molar-refractivity contribution in [3.8, 4) is 0 Å². The van der Waals surface area contributed by atoms with E-state index in [2.05, 4.69) is 4.72 Å². The molecule has 1 rings (SSSR count). The Morgan fingerprint density at radius 1 is 1.47 bits per heavy atom. The first-order chi connectivity index (χ1) is 8.78. The van der Waals surface area contributed by atoms with E-state index in [1.165, 1.54) is 6.07 Å². The summed E-state index contributed by atoms with van der Waals surface area (Å²) < 4.78 is 39.3. The fraction of sp³-hybridized carbons (Fsp3) is 0.364. The molecule has 0 fully saturated rings. The lowest BCUT2D eigenvalue weighted by molar-refractivity contribution is 0.0996. The van der Waals surface area contributed by atoms with Crippen molar-refractivity contribution in [3.05, 3.63) is 28.5 Å². The van der Waals surface area contributed by atoms with Gasteiger partial charge in [-0.05, 0) is 18.6 Å². The summed E-state index contributed by atoms with van der Waals surface area (Å²) >= 11 is 5.63. The number of hydrogen-bond donors (Lipinski definition) is 2. The molecule has 0 unspecified atom stereocenters. The Hall–Kier alpha value is -1.34. The molecule has 0 atom stereocenters. The smallest absolute Gasteiger partial charge is 0.253 e. The number of sulfonamides is 1. The molecule has 0 bridgehead atoms. The molecular formula is C11H14ClFN2O3S. The highest BCUT2D eigenvalue weighted by molar-refractivity contribution is 7.92. The number of nitrogens with one attached hydrogen (secondary N) is 1. The van der Waals surface area contributed by atoms with Gasteiger partial charge >= 0.3 is 0 Å². The zero-order valence-corrected chi connectivity index (χ0v) is 11.8. The van der Waals surface area contributed by atoms with Gasteiger partial charge in [-0.15, -0.1) is 0 Å². The Kier molecular flexibility index (Phi) is 5.13. The monoisotopic (exact) mass is 308 g/mol. The number of unbranched alkanes of at least 4 members (excludes halogenated alkanes) is 1. The van der Waals surface area contributed by atoms with E-state index in [0.29, 0.717) is 12.8 Å². The molecule has 0 aliphatic carbocycles. The molecule has 0 radical (unpaired) electrons. The molecule has 0 aliphatic rings. The molecule has 0 aromatic heterocycles. The van der Waals surface area contributed by atoms with Crippen LogP contribution in [0, 0.1) is 5.82 Å². The maximum Gasteiger partial charge on any atom is 0.253 e. The molecule has 0 saturated carbocycles. The molecule has 0 spiro atoms. The van der Waals surface area contributed by atoms with Gasteiger partial charge in [0.1, 0.15) is 0 Å². The number of carbonyl (C=O) groups excluding carboxylic acids is 1. The number of rotatable bonds is 6. The average molecular weight is 309 g/mol. The Labute approximate surface area is 116 Å². The fourth-order valence-corrected chi connectivity index (χ4v) is 2.91. The first-order valence-electron chi connectivity index (χ1n) is 5.56. The SMILES string of the molecule is CCCCS(=O)(=O)Nc1ccc(Cl)c(C(N)=O)c1F. The van der Waals surface area contributed by atoms with Gasteiger partial charge in [-0.25, -0.2) is 12.8 Å². The van der Waals surface area contributed by atoms with Crippen molar-refractivity contribution in [1.82, 2.24) is 0 Å². The number of anilines is 1. The van der Waals surface area contributed by atoms with Crippen LogP contribution < -0.4 is 10.5 Å². The normalized spacial score (nSPS) is 11.3. The van der Waals surface area contributed by atoms with E-state index >= 15 is 0 Å². The number of carbonyl (C=O) groups is 1. The summed E-state index contributed by atoms with van der Waals surface area (Å²) in [5.41, 5.74) is 4.12. The van der Waals surface area contributed by atoms with Gasteiger partial charge < -0.3 is 5.73 Å². The van der Waals surface area contributed by atoms with Crippen LogP contribution >= 0.6 is 11.6 Å². The summed E-state index contributed by atoms with van der Waals surface area (Å²) in [5.74, 6) is -2.26. The number of amides is 1. The predicted molar refractivity (Wildman–Crippen MR) is 72.2 cm³/mol. The minimum absolute atomic E-state index is 0.128. The van der Waals surface area contributed by atoms with E-state index in [-0.39, 0.29) is 16.5 Å². The summed E-state index contributed by atoms with van der Waals surface area (Å²) in [5, 5.41) is -0.165. The Morgan fingerprint density at radius 2 is 2.11 bits per heavy atom. The van der Waals surface area contributed by atoms with Gasteiger partial charge in [0.2, 0.25) is 10.0 Å². The average Bonchev–Trinajstić information content (AvgIpc) is 2.30. The molecule has 106 valence electrons. The van der Waals surface area contributed by atoms with E-state index in [1.807, 2.05) is 6.92 Å². The molecule has 5 nitrogen and oxygen atoms in total. The number of benzene rings is 1. The third kappa shape index (κ3) is 4.07. The van der Waals surface area contributed by atoms with Crippen molar-refractivity contribution in [2.45, 2.75) is 19.8 Å². The highest BCUT2D eigenvalue weighted by Gasteiger charge is 2.20. The van der Waals surface area contributed by atoms with Gasteiger partial charge in [-0.3, -0.25) is 9.52 Å². The van der Waals surface area contributed by atoms with E-state index in [9.17, 15) is 17.6 Å². The number of hydrogen-bond acceptors (Lipinski definition) is 3. The van der Waals surface area contributed by atoms with Crippen LogP contribution in [0.25, 0.3) is 0 Å². The molecule has 1 aromatic rings. The fourth-order valence-electron chi connectivity index (χ4n) is 1.41. The lowest BCUT2D eigenvalue weighted by Crippen LogP contribution is -2.20. The molecule has 0 heterocycles. The van der Waals surface area contributed by atoms with Crippen LogP contribution in [0.15, 0.2) is 12.1 Å². The first kappa shape index (κ1) is 15.7. The standard InChI is InChI=1S/C11H14ClFN2O3S/c1-2-3-6-19(17,18)15-8-5-4-7(12)9(10(8)13)11(14)16/h4-5,15H,2-3,6H2,1H3,(H2,14,16). The lowest BCUT2D eigenvalue weighted by Gasteiger charge is -2.11. The summed E-state index contributed by atoms with van der Waals surface area (Å²) in [6.07, 6.45) is 1.14. The molecule has 0 aliphatic heterocycles. The van der Waals surface area contributed by atoms with Gasteiger partial charge in [-0.1, -0.05) is 24.9 Å². The van der Waals surface area contributed by atoms with Gasteiger partial charge in [0.05, 0.1) is 22.0 Å². The maximum atomic E-state index is 13.9. The summed E-state index contributed by atoms with van der Waals surface area (Å²) in [6, 6.07) is 2.36. The number of halogens is 2. The van der Waals surface area contributed by atoms with Crippen LogP contribution in [0.4, 0.5) is 10.1 Å². The Bertz CT molecular complexity index is 590. The molecule has 19 heavy (non-hydrogen) atoms. The third-order valence-electron chi connectivity index (χ3n) is 2.37. The van der Waals surface area contributed by atoms with Crippen LogP contribution in [-0.4, -0.2) is 20.1 Å². The van der Waals surface area contributed by atoms with Gasteiger partial charge in [0.25, 0.3) is 5.91 Å². The second-order valence-corrected chi connectivity index (χ2v) is 6.17. The third-order valence-corrected chi connectivity index (χ3v) is 4.04. The molecular weight excluding hydrogens is 295 g/mol. The highest BCUT2D eigenvalue weighted by atomic mass is 35.5. The maximum absolute atomic E-state index is 13.9. The topological polar surface area (TPSA) is 89.3 Å². The first-order valence-corrected chi connectivity index (χ1v) is 7.59. The molecule has 3 N–H and O–H groups in total. The Balaban J connectivity index is 3.10. The van der Waals surface area contributed by atoms with E-state index in [4.69, 9.17) is 17.3 Å². The quantitative estimate of drug-likeness (QED) is 0.843. The minimum Gasteiger partial charge on any atom is -0.365 e. The predicted octanol–water partition coefficient (Wildman–Crippen LogP) is 2.12. The van der Waals surface area contributed by atoms with Crippen LogP contribution in [0.2, 0.25) is 5.02 Å². The van der Waals surface area contributed by atoms with Crippen molar-refractivity contribution in [1.29, 1.82) is 0 Å². The van der Waals surface area contributed by atoms with E-state index in [1.54, 1.807) is 0 Å². The van der Waals surface area contributed by atoms with Crippen molar-refractivity contribution < 1.29 is 17.6 Å². The van der Waals surface area contributed by atoms with Crippen LogP contribution in [0.3, 0.4) is 0 Å². The summed E-state index contributed by atoms with van der Waals surface area (Å²) in [4.78, 5) is 11.1. The van der Waals surface area contributed by atoms with Crippen molar-refractivity contribution in [2.24, 2.45) is 5.73 Å². The second kappa shape index (κ2) is 6.21. The highest BCUT2D eigenvalue weighted by Crippen LogP contribution is 2.26. The van der Waals surface area contributed by atoms with Crippen LogP contribution in [-0.2, 0) is 10.0 Å². The molecule has 1 amide bonds. The largest absolute Gasteiger partial charge is 0.365 e. The van der Waals surface area contributed by atoms with Crippen molar-refractivity contribution >= 4 is 33.2 Å². The number of primary amides is 1. The van der Waals surface area contributed by atoms with E-state index < -0.39 is 27.3 Å². The van der Waals surface area contributed by atoms with Crippen LogP contribution in [0.1, 0.15) is 30.1 Å². The van der Waals surface area contributed by atoms with Gasteiger partial charge in [0.15, 0.2) is 5.82 Å². The minimum atomic E-state index is -3.66. The summed E-state index contributed by atoms with van der Waals surface area (Å²) in [7, 11) is -3.66. The zero-order chi connectivity index (χ0) is 14.6. The number of nitrogens with two attached hydrogens (primary N) is 1. The van der Waals surface area contributed by atoms with Crippen LogP contribution in [0.5, 0.6) is 0 Å². The van der Waals surface area contributed by atoms with Crippen molar-refractivity contribution in [3.63, 3.8) is 0 Å².